The molecule has 1 fully saturated rings. The Balaban J connectivity index is 2.04. The number of ether oxygens (including phenoxy) is 2. The van der Waals surface area contributed by atoms with Crippen LogP contribution in [0.3, 0.4) is 0 Å². The van der Waals surface area contributed by atoms with E-state index in [1.807, 2.05) is 18.7 Å². The van der Waals surface area contributed by atoms with Crippen molar-refractivity contribution in [1.82, 2.24) is 5.32 Å². The third kappa shape index (κ3) is 5.45. The zero-order valence-electron chi connectivity index (χ0n) is 11.8. The molecule has 0 aromatic carbocycles. The van der Waals surface area contributed by atoms with Crippen LogP contribution in [0.25, 0.3) is 0 Å². The maximum Gasteiger partial charge on any atom is 0.0897 e. The van der Waals surface area contributed by atoms with Gasteiger partial charge in [0, 0.05) is 24.9 Å². The fraction of sp³-hybridized carbons (Fsp3) is 1.00. The summed E-state index contributed by atoms with van der Waals surface area (Å²) in [6.45, 7) is 4.46. The van der Waals surface area contributed by atoms with Gasteiger partial charge in [-0.05, 0) is 26.0 Å². The SMILES string of the molecule is COCC(C)OCC(O)CNCC1(SC)CCC1. The number of thioether (sulfide) groups is 1. The third-order valence-electron chi connectivity index (χ3n) is 3.50. The average molecular weight is 277 g/mol. The topological polar surface area (TPSA) is 50.7 Å². The summed E-state index contributed by atoms with van der Waals surface area (Å²) in [5.41, 5.74) is 0. The Morgan fingerprint density at radius 1 is 1.39 bits per heavy atom. The van der Waals surface area contributed by atoms with Gasteiger partial charge in [-0.15, -0.1) is 0 Å². The molecule has 1 aliphatic carbocycles. The number of hydrogen-bond donors (Lipinski definition) is 2. The second-order valence-electron chi connectivity index (χ2n) is 5.12. The van der Waals surface area contributed by atoms with Crippen molar-refractivity contribution in [3.05, 3.63) is 0 Å². The minimum Gasteiger partial charge on any atom is -0.389 e. The molecule has 2 unspecified atom stereocenters. The highest BCUT2D eigenvalue weighted by Crippen LogP contribution is 2.42. The largest absolute Gasteiger partial charge is 0.389 e. The second-order valence-corrected chi connectivity index (χ2v) is 6.40. The molecule has 1 saturated carbocycles. The summed E-state index contributed by atoms with van der Waals surface area (Å²) in [5.74, 6) is 0. The summed E-state index contributed by atoms with van der Waals surface area (Å²) in [6.07, 6.45) is 5.68. The van der Waals surface area contributed by atoms with Gasteiger partial charge in [0.1, 0.15) is 0 Å². The lowest BCUT2D eigenvalue weighted by molar-refractivity contribution is -0.0312. The fourth-order valence-corrected chi connectivity index (χ4v) is 3.05. The van der Waals surface area contributed by atoms with E-state index in [9.17, 15) is 5.11 Å². The Labute approximate surface area is 115 Å². The van der Waals surface area contributed by atoms with Gasteiger partial charge in [0.2, 0.25) is 0 Å². The van der Waals surface area contributed by atoms with Gasteiger partial charge in [-0.2, -0.15) is 11.8 Å². The number of aliphatic hydroxyl groups excluding tert-OH is 1. The Morgan fingerprint density at radius 2 is 2.11 bits per heavy atom. The van der Waals surface area contributed by atoms with Crippen molar-refractivity contribution in [3.63, 3.8) is 0 Å². The summed E-state index contributed by atoms with van der Waals surface area (Å²) in [5, 5.41) is 13.1. The number of aliphatic hydroxyl groups is 1. The average Bonchev–Trinajstić information content (AvgIpc) is 2.30. The molecule has 0 saturated heterocycles. The molecule has 2 N–H and O–H groups in total. The predicted molar refractivity (Wildman–Crippen MR) is 76.3 cm³/mol. The molecule has 108 valence electrons. The molecule has 2 atom stereocenters. The molecular weight excluding hydrogens is 250 g/mol. The molecule has 0 radical (unpaired) electrons. The molecule has 0 heterocycles. The van der Waals surface area contributed by atoms with Crippen LogP contribution >= 0.6 is 11.8 Å². The van der Waals surface area contributed by atoms with E-state index in [2.05, 4.69) is 11.6 Å². The Morgan fingerprint density at radius 3 is 2.61 bits per heavy atom. The first kappa shape index (κ1) is 16.2. The molecule has 0 aliphatic heterocycles. The summed E-state index contributed by atoms with van der Waals surface area (Å²) < 4.78 is 10.9. The monoisotopic (exact) mass is 277 g/mol. The summed E-state index contributed by atoms with van der Waals surface area (Å²) in [6, 6.07) is 0. The van der Waals surface area contributed by atoms with Gasteiger partial charge in [0.25, 0.3) is 0 Å². The van der Waals surface area contributed by atoms with Gasteiger partial charge >= 0.3 is 0 Å². The zero-order chi connectivity index (χ0) is 13.4. The fourth-order valence-electron chi connectivity index (χ4n) is 2.11. The maximum absolute atomic E-state index is 9.79. The lowest BCUT2D eigenvalue weighted by atomic mass is 9.84. The molecule has 1 rings (SSSR count). The van der Waals surface area contributed by atoms with E-state index in [0.717, 1.165) is 6.54 Å². The van der Waals surface area contributed by atoms with E-state index in [-0.39, 0.29) is 6.10 Å². The Kier molecular flexibility index (Phi) is 7.56. The maximum atomic E-state index is 9.79. The summed E-state index contributed by atoms with van der Waals surface area (Å²) in [4.78, 5) is 0. The van der Waals surface area contributed by atoms with Crippen molar-refractivity contribution in [2.24, 2.45) is 0 Å². The van der Waals surface area contributed by atoms with Crippen molar-refractivity contribution in [2.45, 2.75) is 43.1 Å². The molecule has 4 nitrogen and oxygen atoms in total. The molecule has 1 aliphatic rings. The smallest absolute Gasteiger partial charge is 0.0897 e. The van der Waals surface area contributed by atoms with E-state index in [1.165, 1.54) is 19.3 Å². The van der Waals surface area contributed by atoms with Crippen LogP contribution in [-0.4, -0.2) is 61.7 Å². The lowest BCUT2D eigenvalue weighted by Gasteiger charge is -2.40. The van der Waals surface area contributed by atoms with Gasteiger partial charge in [0.05, 0.1) is 25.4 Å². The number of nitrogens with one attached hydrogen (secondary N) is 1. The van der Waals surface area contributed by atoms with Crippen molar-refractivity contribution in [3.8, 4) is 0 Å². The number of methoxy groups -OCH3 is 1. The molecule has 5 heteroatoms. The summed E-state index contributed by atoms with van der Waals surface area (Å²) >= 11 is 1.94. The molecule has 18 heavy (non-hydrogen) atoms. The van der Waals surface area contributed by atoms with Gasteiger partial charge < -0.3 is 19.9 Å². The van der Waals surface area contributed by atoms with Crippen LogP contribution in [0, 0.1) is 0 Å². The minimum atomic E-state index is -0.441. The number of hydrogen-bond acceptors (Lipinski definition) is 5. The van der Waals surface area contributed by atoms with Crippen molar-refractivity contribution in [2.75, 3.05) is 39.7 Å². The minimum absolute atomic E-state index is 0.0359. The first-order valence-electron chi connectivity index (χ1n) is 6.66. The molecule has 0 amide bonds. The van der Waals surface area contributed by atoms with Crippen LogP contribution in [0.4, 0.5) is 0 Å². The Hall–Kier alpha value is 0.190. The standard InChI is InChI=1S/C13H27NO3S/c1-11(8-16-2)17-9-12(15)7-14-10-13(18-3)5-4-6-13/h11-12,14-15H,4-10H2,1-3H3. The predicted octanol–water partition coefficient (Wildman–Crippen LogP) is 1.27. The van der Waals surface area contributed by atoms with E-state index >= 15 is 0 Å². The van der Waals surface area contributed by atoms with E-state index in [4.69, 9.17) is 9.47 Å². The van der Waals surface area contributed by atoms with Gasteiger partial charge in [-0.3, -0.25) is 0 Å². The highest BCUT2D eigenvalue weighted by molar-refractivity contribution is 8.00. The second kappa shape index (κ2) is 8.38. The van der Waals surface area contributed by atoms with Crippen LogP contribution < -0.4 is 5.32 Å². The van der Waals surface area contributed by atoms with Gasteiger partial charge in [-0.25, -0.2) is 0 Å². The van der Waals surface area contributed by atoms with Gasteiger partial charge in [-0.1, -0.05) is 6.42 Å². The van der Waals surface area contributed by atoms with E-state index in [1.54, 1.807) is 7.11 Å². The molecule has 0 aromatic rings. The highest BCUT2D eigenvalue weighted by atomic mass is 32.2. The molecule has 0 spiro atoms. The third-order valence-corrected chi connectivity index (χ3v) is 4.92. The van der Waals surface area contributed by atoms with Crippen molar-refractivity contribution >= 4 is 11.8 Å². The zero-order valence-corrected chi connectivity index (χ0v) is 12.6. The first-order chi connectivity index (χ1) is 8.62. The van der Waals surface area contributed by atoms with Crippen LogP contribution in [-0.2, 0) is 9.47 Å². The number of rotatable bonds is 10. The van der Waals surface area contributed by atoms with Crippen LogP contribution in [0.1, 0.15) is 26.2 Å². The van der Waals surface area contributed by atoms with Crippen molar-refractivity contribution < 1.29 is 14.6 Å². The highest BCUT2D eigenvalue weighted by Gasteiger charge is 2.35. The quantitative estimate of drug-likeness (QED) is 0.630. The van der Waals surface area contributed by atoms with Crippen LogP contribution in [0.15, 0.2) is 0 Å². The van der Waals surface area contributed by atoms with E-state index < -0.39 is 6.10 Å². The molecular formula is C13H27NO3S. The van der Waals surface area contributed by atoms with E-state index in [0.29, 0.717) is 24.5 Å². The van der Waals surface area contributed by atoms with Crippen LogP contribution in [0.2, 0.25) is 0 Å². The lowest BCUT2D eigenvalue weighted by Crippen LogP contribution is -2.45. The molecule has 0 bridgehead atoms. The van der Waals surface area contributed by atoms with Crippen molar-refractivity contribution in [1.29, 1.82) is 0 Å². The van der Waals surface area contributed by atoms with Gasteiger partial charge in [0.15, 0.2) is 0 Å². The normalized spacial score (nSPS) is 21.3. The Bertz CT molecular complexity index is 219. The summed E-state index contributed by atoms with van der Waals surface area (Å²) in [7, 11) is 1.65. The molecule has 0 aromatic heterocycles. The van der Waals surface area contributed by atoms with Crippen LogP contribution in [0.5, 0.6) is 0 Å². The first-order valence-corrected chi connectivity index (χ1v) is 7.89.